The normalized spacial score (nSPS) is 27.8. The number of aliphatic hydroxyl groups is 1. The maximum Gasteiger partial charge on any atom is 0.280 e. The second-order valence-corrected chi connectivity index (χ2v) is 11.5. The fraction of sp³-hybridized carbons (Fsp3) is 0.571. The van der Waals surface area contributed by atoms with Crippen LogP contribution in [-0.2, 0) is 4.74 Å². The summed E-state index contributed by atoms with van der Waals surface area (Å²) in [6.45, 7) is 3.04. The standard InChI is InChI=1S/C14H21ClN5O3P/c1-24(2,3)5-4-7-10(21)8(15)13(23-7)20-6-17-9-11(20)18-14(16)19-12(9)22/h6-8,10,13,21H,1,4-5H2,2-3H3,(H3,16,18,19,22)/t7-,8-,10-,13?/m1/s1. The molecule has 0 radical (unpaired) electrons. The average molecular weight is 374 g/mol. The molecule has 0 saturated carbocycles. The summed E-state index contributed by atoms with van der Waals surface area (Å²) in [5, 5.41) is 9.71. The summed E-state index contributed by atoms with van der Waals surface area (Å²) in [5.41, 5.74) is 5.61. The van der Waals surface area contributed by atoms with Gasteiger partial charge in [0.25, 0.3) is 5.56 Å². The van der Waals surface area contributed by atoms with Crippen molar-refractivity contribution in [3.05, 3.63) is 16.7 Å². The van der Waals surface area contributed by atoms with Gasteiger partial charge >= 0.3 is 0 Å². The molecule has 10 heteroatoms. The van der Waals surface area contributed by atoms with Crippen molar-refractivity contribution in [2.24, 2.45) is 0 Å². The molecule has 0 spiro atoms. The van der Waals surface area contributed by atoms with E-state index >= 15 is 0 Å². The van der Waals surface area contributed by atoms with Crippen LogP contribution in [0.25, 0.3) is 11.2 Å². The summed E-state index contributed by atoms with van der Waals surface area (Å²) < 4.78 is 7.50. The lowest BCUT2D eigenvalue weighted by atomic mass is 10.1. The number of H-pyrrole nitrogens is 1. The molecule has 2 aromatic rings. The number of halogens is 1. The van der Waals surface area contributed by atoms with Crippen molar-refractivity contribution < 1.29 is 9.84 Å². The SMILES string of the molecule is C=P(C)(C)CC[C@H]1OC(n2cnc3c(=O)[nH]c(N)nc32)[C@H](Cl)[C@@H]1O. The van der Waals surface area contributed by atoms with E-state index in [0.29, 0.717) is 6.42 Å². The molecule has 1 fully saturated rings. The third-order valence-corrected chi connectivity index (χ3v) is 5.98. The average Bonchev–Trinajstić information content (AvgIpc) is 3.00. The summed E-state index contributed by atoms with van der Waals surface area (Å²) >= 11 is 6.37. The Morgan fingerprint density at radius 1 is 1.58 bits per heavy atom. The molecule has 1 aliphatic rings. The van der Waals surface area contributed by atoms with Crippen LogP contribution < -0.4 is 11.3 Å². The number of fused-ring (bicyclic) bond motifs is 1. The fourth-order valence-electron chi connectivity index (χ4n) is 2.77. The maximum atomic E-state index is 11.9. The van der Waals surface area contributed by atoms with E-state index in [0.717, 1.165) is 6.16 Å². The van der Waals surface area contributed by atoms with E-state index in [1.165, 1.54) is 6.33 Å². The molecule has 4 N–H and O–H groups in total. The number of hydrogen-bond donors (Lipinski definition) is 3. The fourth-order valence-corrected chi connectivity index (χ4v) is 4.07. The second kappa shape index (κ2) is 6.19. The minimum absolute atomic E-state index is 0.0147. The first-order chi connectivity index (χ1) is 11.2. The van der Waals surface area contributed by atoms with Gasteiger partial charge in [-0.05, 0) is 25.9 Å². The van der Waals surface area contributed by atoms with Crippen LogP contribution in [0.1, 0.15) is 12.6 Å². The zero-order valence-electron chi connectivity index (χ0n) is 13.5. The Bertz CT molecular complexity index is 860. The van der Waals surface area contributed by atoms with Crippen LogP contribution in [-0.4, -0.2) is 68.0 Å². The molecular weight excluding hydrogens is 353 g/mol. The third-order valence-electron chi connectivity index (χ3n) is 4.04. The summed E-state index contributed by atoms with van der Waals surface area (Å²) in [5.74, 6) is -0.0147. The Kier molecular flexibility index (Phi) is 4.51. The van der Waals surface area contributed by atoms with Gasteiger partial charge in [0.05, 0.1) is 12.4 Å². The Morgan fingerprint density at radius 2 is 2.29 bits per heavy atom. The third kappa shape index (κ3) is 3.24. The number of imidazole rings is 1. The molecule has 132 valence electrons. The Hall–Kier alpha value is -1.34. The van der Waals surface area contributed by atoms with Gasteiger partial charge < -0.3 is 15.6 Å². The van der Waals surface area contributed by atoms with Crippen molar-refractivity contribution in [2.75, 3.05) is 25.2 Å². The zero-order valence-corrected chi connectivity index (χ0v) is 15.2. The maximum absolute atomic E-state index is 11.9. The number of aromatic amines is 1. The number of hydrogen-bond acceptors (Lipinski definition) is 6. The number of aromatic nitrogens is 4. The largest absolute Gasteiger partial charge is 0.389 e. The first-order valence-corrected chi connectivity index (χ1v) is 11.0. The molecule has 1 saturated heterocycles. The summed E-state index contributed by atoms with van der Waals surface area (Å²) in [4.78, 5) is 22.4. The van der Waals surface area contributed by atoms with Gasteiger partial charge in [0.15, 0.2) is 17.4 Å². The molecule has 3 heterocycles. The Morgan fingerprint density at radius 3 is 2.96 bits per heavy atom. The molecular formula is C14H21ClN5O3P. The van der Waals surface area contributed by atoms with Crippen LogP contribution in [0.2, 0.25) is 0 Å². The van der Waals surface area contributed by atoms with E-state index in [1.807, 2.05) is 0 Å². The molecule has 2 aromatic heterocycles. The molecule has 0 aromatic carbocycles. The van der Waals surface area contributed by atoms with Crippen LogP contribution >= 0.6 is 18.5 Å². The highest BCUT2D eigenvalue weighted by Gasteiger charge is 2.44. The van der Waals surface area contributed by atoms with Crippen molar-refractivity contribution in [2.45, 2.75) is 30.2 Å². The molecule has 3 rings (SSSR count). The predicted octanol–water partition coefficient (Wildman–Crippen LogP) is 0.667. The van der Waals surface area contributed by atoms with Crippen LogP contribution in [0.5, 0.6) is 0 Å². The van der Waals surface area contributed by atoms with Gasteiger partial charge in [-0.2, -0.15) is 4.98 Å². The van der Waals surface area contributed by atoms with Gasteiger partial charge in [-0.25, -0.2) is 4.98 Å². The van der Waals surface area contributed by atoms with E-state index in [2.05, 4.69) is 34.6 Å². The lowest BCUT2D eigenvalue weighted by Gasteiger charge is -2.18. The number of alkyl halides is 1. The van der Waals surface area contributed by atoms with Gasteiger partial charge in [0, 0.05) is 0 Å². The Balaban J connectivity index is 1.90. The zero-order chi connectivity index (χ0) is 17.6. The van der Waals surface area contributed by atoms with Crippen molar-refractivity contribution in [1.82, 2.24) is 19.5 Å². The molecule has 0 bridgehead atoms. The number of ether oxygens (including phenoxy) is 1. The lowest BCUT2D eigenvalue weighted by Crippen LogP contribution is -2.28. The van der Waals surface area contributed by atoms with E-state index in [-0.39, 0.29) is 17.1 Å². The van der Waals surface area contributed by atoms with E-state index in [4.69, 9.17) is 22.1 Å². The topological polar surface area (TPSA) is 119 Å². The summed E-state index contributed by atoms with van der Waals surface area (Å²) in [6.07, 6.45) is 5.28. The molecule has 1 unspecified atom stereocenters. The van der Waals surface area contributed by atoms with Crippen molar-refractivity contribution in [3.8, 4) is 0 Å². The highest BCUT2D eigenvalue weighted by Crippen LogP contribution is 2.41. The van der Waals surface area contributed by atoms with Gasteiger partial charge in [-0.3, -0.25) is 14.3 Å². The number of nitrogens with zero attached hydrogens (tertiary/aromatic N) is 3. The van der Waals surface area contributed by atoms with E-state index in [1.54, 1.807) is 4.57 Å². The van der Waals surface area contributed by atoms with Crippen molar-refractivity contribution >= 4 is 41.9 Å². The number of nitrogens with two attached hydrogens (primary N) is 1. The van der Waals surface area contributed by atoms with Crippen LogP contribution in [0.3, 0.4) is 0 Å². The summed E-state index contributed by atoms with van der Waals surface area (Å²) in [7, 11) is 0. The van der Waals surface area contributed by atoms with E-state index in [9.17, 15) is 9.90 Å². The molecule has 1 aliphatic heterocycles. The number of aliphatic hydroxyl groups excluding tert-OH is 1. The quantitative estimate of drug-likeness (QED) is 0.535. The van der Waals surface area contributed by atoms with E-state index < -0.39 is 36.3 Å². The van der Waals surface area contributed by atoms with Gasteiger partial charge in [0.2, 0.25) is 5.95 Å². The monoisotopic (exact) mass is 373 g/mol. The minimum Gasteiger partial charge on any atom is -0.389 e. The second-order valence-electron chi connectivity index (χ2n) is 6.72. The number of nitrogen functional groups attached to an aromatic ring is 1. The van der Waals surface area contributed by atoms with Gasteiger partial charge in [-0.1, -0.05) is 0 Å². The first-order valence-electron chi connectivity index (χ1n) is 7.54. The highest BCUT2D eigenvalue weighted by molar-refractivity contribution is 7.72. The van der Waals surface area contributed by atoms with Crippen molar-refractivity contribution in [3.63, 3.8) is 0 Å². The molecule has 8 nitrogen and oxygen atoms in total. The lowest BCUT2D eigenvalue weighted by molar-refractivity contribution is -0.0176. The van der Waals surface area contributed by atoms with Crippen LogP contribution in [0.4, 0.5) is 5.95 Å². The number of anilines is 1. The number of nitrogens with one attached hydrogen (secondary N) is 1. The van der Waals surface area contributed by atoms with Gasteiger partial charge in [-0.15, -0.1) is 24.8 Å². The molecule has 24 heavy (non-hydrogen) atoms. The van der Waals surface area contributed by atoms with Crippen LogP contribution in [0, 0.1) is 0 Å². The molecule has 4 atom stereocenters. The number of rotatable bonds is 4. The van der Waals surface area contributed by atoms with Crippen LogP contribution in [0.15, 0.2) is 11.1 Å². The molecule has 0 amide bonds. The molecule has 0 aliphatic carbocycles. The van der Waals surface area contributed by atoms with Gasteiger partial charge in [0.1, 0.15) is 11.5 Å². The van der Waals surface area contributed by atoms with Crippen molar-refractivity contribution in [1.29, 1.82) is 0 Å². The smallest absolute Gasteiger partial charge is 0.280 e. The Labute approximate surface area is 144 Å². The predicted molar refractivity (Wildman–Crippen MR) is 97.5 cm³/mol. The highest BCUT2D eigenvalue weighted by atomic mass is 35.5. The first kappa shape index (κ1) is 17.5. The summed E-state index contributed by atoms with van der Waals surface area (Å²) in [6, 6.07) is 0. The minimum atomic E-state index is -1.22.